The maximum atomic E-state index is 6.05. The summed E-state index contributed by atoms with van der Waals surface area (Å²) < 4.78 is 11.9. The van der Waals surface area contributed by atoms with E-state index in [0.29, 0.717) is 5.92 Å². The molecular formula is C13H25NO2. The van der Waals surface area contributed by atoms with Gasteiger partial charge in [0.15, 0.2) is 5.79 Å². The number of nitrogens with zero attached hydrogens (tertiary/aromatic N) is 1. The smallest absolute Gasteiger partial charge is 0.168 e. The highest BCUT2D eigenvalue weighted by molar-refractivity contribution is 4.80. The molecule has 0 N–H and O–H groups in total. The van der Waals surface area contributed by atoms with Crippen molar-refractivity contribution in [1.29, 1.82) is 0 Å². The van der Waals surface area contributed by atoms with Crippen LogP contribution in [0.4, 0.5) is 0 Å². The van der Waals surface area contributed by atoms with E-state index in [0.717, 1.165) is 13.2 Å². The Balaban J connectivity index is 1.80. The fraction of sp³-hybridized carbons (Fsp3) is 1.00. The highest BCUT2D eigenvalue weighted by Crippen LogP contribution is 2.31. The predicted molar refractivity (Wildman–Crippen MR) is 64.4 cm³/mol. The van der Waals surface area contributed by atoms with Gasteiger partial charge in [-0.05, 0) is 32.9 Å². The van der Waals surface area contributed by atoms with Gasteiger partial charge < -0.3 is 14.4 Å². The molecule has 2 unspecified atom stereocenters. The third-order valence-corrected chi connectivity index (χ3v) is 3.92. The van der Waals surface area contributed by atoms with Crippen LogP contribution >= 0.6 is 0 Å². The van der Waals surface area contributed by atoms with Crippen LogP contribution in [-0.4, -0.2) is 43.0 Å². The largest absolute Gasteiger partial charge is 0.347 e. The standard InChI is InChI=1S/C13H25NO2/c1-11(2)13(3)15-10-12(16-13)9-14-7-5-4-6-8-14/h11-12H,4-10H2,1-3H3. The molecule has 16 heavy (non-hydrogen) atoms. The van der Waals surface area contributed by atoms with Crippen LogP contribution in [0.1, 0.15) is 40.0 Å². The summed E-state index contributed by atoms with van der Waals surface area (Å²) in [6.07, 6.45) is 4.34. The van der Waals surface area contributed by atoms with Crippen molar-refractivity contribution in [1.82, 2.24) is 4.90 Å². The van der Waals surface area contributed by atoms with Gasteiger partial charge in [0.2, 0.25) is 0 Å². The van der Waals surface area contributed by atoms with Gasteiger partial charge in [0.1, 0.15) is 0 Å². The second-order valence-electron chi connectivity index (χ2n) is 5.58. The summed E-state index contributed by atoms with van der Waals surface area (Å²) in [6.45, 7) is 10.6. The average Bonchev–Trinajstić information content (AvgIpc) is 2.63. The molecule has 0 saturated carbocycles. The highest BCUT2D eigenvalue weighted by atomic mass is 16.7. The molecule has 0 radical (unpaired) electrons. The van der Waals surface area contributed by atoms with Crippen LogP contribution in [-0.2, 0) is 9.47 Å². The number of likely N-dealkylation sites (tertiary alicyclic amines) is 1. The van der Waals surface area contributed by atoms with Gasteiger partial charge in [-0.25, -0.2) is 0 Å². The zero-order valence-electron chi connectivity index (χ0n) is 10.9. The third kappa shape index (κ3) is 2.76. The van der Waals surface area contributed by atoms with Crippen molar-refractivity contribution in [2.24, 2.45) is 5.92 Å². The van der Waals surface area contributed by atoms with Crippen molar-refractivity contribution >= 4 is 0 Å². The van der Waals surface area contributed by atoms with Crippen LogP contribution in [0.5, 0.6) is 0 Å². The second kappa shape index (κ2) is 5.03. The van der Waals surface area contributed by atoms with Gasteiger partial charge in [0.25, 0.3) is 0 Å². The van der Waals surface area contributed by atoms with Gasteiger partial charge >= 0.3 is 0 Å². The number of ether oxygens (including phenoxy) is 2. The molecule has 0 amide bonds. The van der Waals surface area contributed by atoms with Crippen LogP contribution in [0.2, 0.25) is 0 Å². The molecule has 0 spiro atoms. The zero-order chi connectivity index (χ0) is 11.6. The Labute approximate surface area is 99.1 Å². The molecule has 3 heteroatoms. The van der Waals surface area contributed by atoms with Gasteiger partial charge in [-0.15, -0.1) is 0 Å². The van der Waals surface area contributed by atoms with E-state index in [1.165, 1.54) is 32.4 Å². The van der Waals surface area contributed by atoms with E-state index in [9.17, 15) is 0 Å². The van der Waals surface area contributed by atoms with Crippen molar-refractivity contribution in [2.45, 2.75) is 51.9 Å². The normalized spacial score (nSPS) is 37.1. The first-order chi connectivity index (χ1) is 7.60. The predicted octanol–water partition coefficient (Wildman–Crippen LogP) is 2.26. The van der Waals surface area contributed by atoms with Crippen LogP contribution in [0.15, 0.2) is 0 Å². The van der Waals surface area contributed by atoms with Gasteiger partial charge in [-0.1, -0.05) is 20.3 Å². The molecule has 2 heterocycles. The lowest BCUT2D eigenvalue weighted by Gasteiger charge is -2.30. The first-order valence-corrected chi connectivity index (χ1v) is 6.64. The lowest BCUT2D eigenvalue weighted by molar-refractivity contribution is -0.184. The maximum Gasteiger partial charge on any atom is 0.168 e. The molecule has 0 aromatic carbocycles. The number of piperidine rings is 1. The minimum absolute atomic E-state index is 0.269. The molecule has 2 aliphatic rings. The molecule has 2 aliphatic heterocycles. The SMILES string of the molecule is CC(C)C1(C)OCC(CN2CCCCC2)O1. The lowest BCUT2D eigenvalue weighted by Crippen LogP contribution is -2.39. The van der Waals surface area contributed by atoms with E-state index >= 15 is 0 Å². The first-order valence-electron chi connectivity index (χ1n) is 6.64. The van der Waals surface area contributed by atoms with E-state index < -0.39 is 0 Å². The minimum atomic E-state index is -0.361. The number of rotatable bonds is 3. The number of hydrogen-bond acceptors (Lipinski definition) is 3. The summed E-state index contributed by atoms with van der Waals surface area (Å²) in [5.74, 6) is 0.0549. The summed E-state index contributed by atoms with van der Waals surface area (Å²) in [7, 11) is 0. The monoisotopic (exact) mass is 227 g/mol. The average molecular weight is 227 g/mol. The lowest BCUT2D eigenvalue weighted by atomic mass is 10.1. The summed E-state index contributed by atoms with van der Waals surface area (Å²) in [5.41, 5.74) is 0. The Bertz CT molecular complexity index is 226. The summed E-state index contributed by atoms with van der Waals surface area (Å²) in [4.78, 5) is 2.52. The highest BCUT2D eigenvalue weighted by Gasteiger charge is 2.40. The molecule has 2 atom stereocenters. The van der Waals surface area contributed by atoms with Crippen LogP contribution in [0, 0.1) is 5.92 Å². The van der Waals surface area contributed by atoms with Crippen molar-refractivity contribution in [2.75, 3.05) is 26.2 Å². The maximum absolute atomic E-state index is 6.05. The molecule has 2 fully saturated rings. The Morgan fingerprint density at radius 3 is 2.50 bits per heavy atom. The fourth-order valence-corrected chi connectivity index (χ4v) is 2.48. The van der Waals surface area contributed by atoms with Crippen molar-refractivity contribution < 1.29 is 9.47 Å². The molecule has 0 aromatic heterocycles. The topological polar surface area (TPSA) is 21.7 Å². The van der Waals surface area contributed by atoms with Crippen LogP contribution < -0.4 is 0 Å². The molecule has 0 aromatic rings. The van der Waals surface area contributed by atoms with Crippen LogP contribution in [0.3, 0.4) is 0 Å². The van der Waals surface area contributed by atoms with Crippen molar-refractivity contribution in [3.63, 3.8) is 0 Å². The Hall–Kier alpha value is -0.120. The van der Waals surface area contributed by atoms with Crippen molar-refractivity contribution in [3.8, 4) is 0 Å². The molecule has 2 saturated heterocycles. The van der Waals surface area contributed by atoms with Gasteiger partial charge in [0, 0.05) is 12.5 Å². The minimum Gasteiger partial charge on any atom is -0.347 e. The summed E-state index contributed by atoms with van der Waals surface area (Å²) in [6, 6.07) is 0. The van der Waals surface area contributed by atoms with Crippen molar-refractivity contribution in [3.05, 3.63) is 0 Å². The Kier molecular flexibility index (Phi) is 3.88. The quantitative estimate of drug-likeness (QED) is 0.738. The van der Waals surface area contributed by atoms with Crippen LogP contribution in [0.25, 0.3) is 0 Å². The first kappa shape index (κ1) is 12.3. The molecular weight excluding hydrogens is 202 g/mol. The fourth-order valence-electron chi connectivity index (χ4n) is 2.48. The van der Waals surface area contributed by atoms with E-state index in [2.05, 4.69) is 25.7 Å². The number of hydrogen-bond donors (Lipinski definition) is 0. The molecule has 0 aliphatic carbocycles. The summed E-state index contributed by atoms with van der Waals surface area (Å²) in [5, 5.41) is 0. The van der Waals surface area contributed by atoms with E-state index in [-0.39, 0.29) is 11.9 Å². The molecule has 0 bridgehead atoms. The summed E-state index contributed by atoms with van der Waals surface area (Å²) >= 11 is 0. The molecule has 3 nitrogen and oxygen atoms in total. The second-order valence-corrected chi connectivity index (χ2v) is 5.58. The van der Waals surface area contributed by atoms with E-state index in [4.69, 9.17) is 9.47 Å². The molecule has 2 rings (SSSR count). The van der Waals surface area contributed by atoms with Gasteiger partial charge in [0.05, 0.1) is 12.7 Å². The van der Waals surface area contributed by atoms with Gasteiger partial charge in [-0.2, -0.15) is 0 Å². The van der Waals surface area contributed by atoms with E-state index in [1.54, 1.807) is 0 Å². The Morgan fingerprint density at radius 2 is 1.94 bits per heavy atom. The Morgan fingerprint density at radius 1 is 1.25 bits per heavy atom. The third-order valence-electron chi connectivity index (χ3n) is 3.92. The molecule has 94 valence electrons. The zero-order valence-corrected chi connectivity index (χ0v) is 10.9. The van der Waals surface area contributed by atoms with E-state index in [1.807, 2.05) is 0 Å². The van der Waals surface area contributed by atoms with Gasteiger partial charge in [-0.3, -0.25) is 0 Å².